The predicted molar refractivity (Wildman–Crippen MR) is 104 cm³/mol. The number of carbonyl (C=O) groups excluding carboxylic acids is 1. The minimum atomic E-state index is -3.55. The maximum Gasteiger partial charge on any atom is 0.255 e. The van der Waals surface area contributed by atoms with E-state index in [1.165, 1.54) is 30.3 Å². The fraction of sp³-hybridized carbons (Fsp3) is 0.350. The molecule has 0 bridgehead atoms. The zero-order valence-electron chi connectivity index (χ0n) is 15.5. The molecule has 0 aromatic heterocycles. The second-order valence-corrected chi connectivity index (χ2v) is 8.83. The third kappa shape index (κ3) is 4.14. The number of phenols is 1. The summed E-state index contributed by atoms with van der Waals surface area (Å²) in [5, 5.41) is 12.3. The fourth-order valence-corrected chi connectivity index (χ4v) is 4.98. The van der Waals surface area contributed by atoms with Crippen LogP contribution >= 0.6 is 0 Å². The smallest absolute Gasteiger partial charge is 0.255 e. The number of nitrogens with zero attached hydrogens (tertiary/aromatic N) is 1. The molecule has 1 amide bonds. The first-order chi connectivity index (χ1) is 12.8. The molecule has 1 unspecified atom stereocenters. The number of aryl methyl sites for hydroxylation is 1. The molecule has 0 spiro atoms. The highest BCUT2D eigenvalue weighted by atomic mass is 32.2. The molecule has 3 rings (SSSR count). The van der Waals surface area contributed by atoms with Gasteiger partial charge in [-0.3, -0.25) is 4.79 Å². The van der Waals surface area contributed by atoms with Crippen molar-refractivity contribution in [3.05, 3.63) is 53.6 Å². The number of hydrogen-bond acceptors (Lipinski definition) is 4. The number of amides is 1. The number of benzene rings is 2. The standard InChI is InChI=1S/C20H24N2O4S/c1-14-13-17(8-11-19(14)23)21-20(24)16-6-9-18(10-7-16)27(25,26)22-12-4-3-5-15(22)2/h6-11,13,15,23H,3-5,12H2,1-2H3,(H,21,24). The zero-order chi connectivity index (χ0) is 19.6. The van der Waals surface area contributed by atoms with E-state index in [9.17, 15) is 18.3 Å². The van der Waals surface area contributed by atoms with Gasteiger partial charge in [-0.1, -0.05) is 6.42 Å². The van der Waals surface area contributed by atoms with Crippen LogP contribution in [0.15, 0.2) is 47.4 Å². The quantitative estimate of drug-likeness (QED) is 0.785. The van der Waals surface area contributed by atoms with Gasteiger partial charge in [0.25, 0.3) is 5.91 Å². The van der Waals surface area contributed by atoms with Crippen LogP contribution in [0.4, 0.5) is 5.69 Å². The van der Waals surface area contributed by atoms with E-state index >= 15 is 0 Å². The molecule has 2 aromatic rings. The normalized spacial score (nSPS) is 18.2. The molecule has 0 radical (unpaired) electrons. The summed E-state index contributed by atoms with van der Waals surface area (Å²) in [5.41, 5.74) is 1.59. The molecule has 1 aliphatic heterocycles. The van der Waals surface area contributed by atoms with E-state index in [-0.39, 0.29) is 22.6 Å². The van der Waals surface area contributed by atoms with E-state index in [1.807, 2.05) is 6.92 Å². The Kier molecular flexibility index (Phi) is 5.53. The number of piperidine rings is 1. The Morgan fingerprint density at radius 2 is 1.85 bits per heavy atom. The van der Waals surface area contributed by atoms with Crippen molar-refractivity contribution in [1.82, 2.24) is 4.31 Å². The highest BCUT2D eigenvalue weighted by Gasteiger charge is 2.30. The second-order valence-electron chi connectivity index (χ2n) is 6.94. The number of sulfonamides is 1. The van der Waals surface area contributed by atoms with Crippen molar-refractivity contribution < 1.29 is 18.3 Å². The Morgan fingerprint density at radius 1 is 1.15 bits per heavy atom. The minimum absolute atomic E-state index is 0.00976. The number of carbonyl (C=O) groups is 1. The van der Waals surface area contributed by atoms with Gasteiger partial charge in [0.2, 0.25) is 10.0 Å². The molecular weight excluding hydrogens is 364 g/mol. The number of hydrogen-bond donors (Lipinski definition) is 2. The molecule has 0 aliphatic carbocycles. The summed E-state index contributed by atoms with van der Waals surface area (Å²) < 4.78 is 27.2. The predicted octanol–water partition coefficient (Wildman–Crippen LogP) is 3.52. The molecule has 27 heavy (non-hydrogen) atoms. The highest BCUT2D eigenvalue weighted by Crippen LogP contribution is 2.25. The van der Waals surface area contributed by atoms with E-state index in [1.54, 1.807) is 23.4 Å². The van der Waals surface area contributed by atoms with Crippen LogP contribution in [-0.4, -0.2) is 36.3 Å². The average Bonchev–Trinajstić information content (AvgIpc) is 2.65. The van der Waals surface area contributed by atoms with Crippen LogP contribution in [0.25, 0.3) is 0 Å². The van der Waals surface area contributed by atoms with Gasteiger partial charge in [0.15, 0.2) is 0 Å². The lowest BCUT2D eigenvalue weighted by molar-refractivity contribution is 0.102. The summed E-state index contributed by atoms with van der Waals surface area (Å²) >= 11 is 0. The summed E-state index contributed by atoms with van der Waals surface area (Å²) in [6.07, 6.45) is 2.78. The van der Waals surface area contributed by atoms with E-state index in [0.29, 0.717) is 23.4 Å². The Hall–Kier alpha value is -2.38. The lowest BCUT2D eigenvalue weighted by atomic mass is 10.1. The zero-order valence-corrected chi connectivity index (χ0v) is 16.3. The van der Waals surface area contributed by atoms with E-state index in [2.05, 4.69) is 5.32 Å². The largest absolute Gasteiger partial charge is 0.508 e. The number of rotatable bonds is 4. The van der Waals surface area contributed by atoms with Gasteiger partial charge in [-0.2, -0.15) is 4.31 Å². The van der Waals surface area contributed by atoms with Gasteiger partial charge < -0.3 is 10.4 Å². The molecule has 2 N–H and O–H groups in total. The van der Waals surface area contributed by atoms with Crippen LogP contribution in [0.1, 0.15) is 42.1 Å². The van der Waals surface area contributed by atoms with Crippen molar-refractivity contribution in [3.8, 4) is 5.75 Å². The molecule has 0 saturated carbocycles. The summed E-state index contributed by atoms with van der Waals surface area (Å²) in [6, 6.07) is 10.8. The van der Waals surface area contributed by atoms with Crippen LogP contribution in [0.5, 0.6) is 5.75 Å². The molecule has 1 heterocycles. The SMILES string of the molecule is Cc1cc(NC(=O)c2ccc(S(=O)(=O)N3CCCCC3C)cc2)ccc1O. The molecule has 1 atom stereocenters. The first kappa shape index (κ1) is 19.4. The van der Waals surface area contributed by atoms with E-state index < -0.39 is 10.0 Å². The third-order valence-corrected chi connectivity index (χ3v) is 6.95. The molecule has 1 fully saturated rings. The number of anilines is 1. The van der Waals surface area contributed by atoms with Crippen LogP contribution in [-0.2, 0) is 10.0 Å². The average molecular weight is 388 g/mol. The van der Waals surface area contributed by atoms with Gasteiger partial charge >= 0.3 is 0 Å². The number of aromatic hydroxyl groups is 1. The molecule has 144 valence electrons. The second kappa shape index (κ2) is 7.70. The summed E-state index contributed by atoms with van der Waals surface area (Å²) in [7, 11) is -3.55. The van der Waals surface area contributed by atoms with E-state index in [4.69, 9.17) is 0 Å². The molecule has 1 saturated heterocycles. The van der Waals surface area contributed by atoms with Crippen LogP contribution in [0, 0.1) is 6.92 Å². The van der Waals surface area contributed by atoms with Crippen molar-refractivity contribution in [3.63, 3.8) is 0 Å². The highest BCUT2D eigenvalue weighted by molar-refractivity contribution is 7.89. The Labute approximate surface area is 159 Å². The Balaban J connectivity index is 1.76. The minimum Gasteiger partial charge on any atom is -0.508 e. The van der Waals surface area contributed by atoms with Crippen molar-refractivity contribution >= 4 is 21.6 Å². The summed E-state index contributed by atoms with van der Waals surface area (Å²) in [6.45, 7) is 4.20. The molecule has 6 nitrogen and oxygen atoms in total. The maximum atomic E-state index is 12.8. The van der Waals surface area contributed by atoms with Crippen LogP contribution in [0.2, 0.25) is 0 Å². The van der Waals surface area contributed by atoms with Crippen molar-refractivity contribution in [1.29, 1.82) is 0 Å². The van der Waals surface area contributed by atoms with Crippen LogP contribution < -0.4 is 5.32 Å². The van der Waals surface area contributed by atoms with Gasteiger partial charge in [0, 0.05) is 23.8 Å². The number of phenolic OH excluding ortho intramolecular Hbond substituents is 1. The van der Waals surface area contributed by atoms with Crippen molar-refractivity contribution in [2.45, 2.75) is 44.0 Å². The molecular formula is C20H24N2O4S. The third-order valence-electron chi connectivity index (χ3n) is 4.92. The van der Waals surface area contributed by atoms with Gasteiger partial charge in [0.1, 0.15) is 5.75 Å². The van der Waals surface area contributed by atoms with Gasteiger partial charge in [-0.15, -0.1) is 0 Å². The fourth-order valence-electron chi connectivity index (χ4n) is 3.28. The first-order valence-corrected chi connectivity index (χ1v) is 10.5. The van der Waals surface area contributed by atoms with Gasteiger partial charge in [-0.25, -0.2) is 8.42 Å². The van der Waals surface area contributed by atoms with E-state index in [0.717, 1.165) is 19.3 Å². The summed E-state index contributed by atoms with van der Waals surface area (Å²) in [5.74, 6) is -0.176. The number of nitrogens with one attached hydrogen (secondary N) is 1. The van der Waals surface area contributed by atoms with Gasteiger partial charge in [0.05, 0.1) is 4.90 Å². The molecule has 2 aromatic carbocycles. The topological polar surface area (TPSA) is 86.7 Å². The molecule has 1 aliphatic rings. The van der Waals surface area contributed by atoms with Crippen molar-refractivity contribution in [2.24, 2.45) is 0 Å². The summed E-state index contributed by atoms with van der Waals surface area (Å²) in [4.78, 5) is 12.6. The van der Waals surface area contributed by atoms with Gasteiger partial charge in [-0.05, 0) is 74.7 Å². The maximum absolute atomic E-state index is 12.8. The monoisotopic (exact) mass is 388 g/mol. The first-order valence-electron chi connectivity index (χ1n) is 9.02. The molecule has 7 heteroatoms. The van der Waals surface area contributed by atoms with Crippen molar-refractivity contribution in [2.75, 3.05) is 11.9 Å². The van der Waals surface area contributed by atoms with Crippen LogP contribution in [0.3, 0.4) is 0 Å². The Bertz CT molecular complexity index is 939. The Morgan fingerprint density at radius 3 is 2.48 bits per heavy atom. The lowest BCUT2D eigenvalue weighted by Crippen LogP contribution is -2.41. The lowest BCUT2D eigenvalue weighted by Gasteiger charge is -2.32.